The molecule has 2 aromatic carbocycles. The van der Waals surface area contributed by atoms with Crippen LogP contribution in [0.15, 0.2) is 45.6 Å². The van der Waals surface area contributed by atoms with Gasteiger partial charge in [-0.15, -0.1) is 0 Å². The van der Waals surface area contributed by atoms with Crippen LogP contribution in [-0.2, 0) is 28.4 Å². The summed E-state index contributed by atoms with van der Waals surface area (Å²) in [6, 6.07) is 7.10. The minimum Gasteiger partial charge on any atom is -0.508 e. The van der Waals surface area contributed by atoms with E-state index in [1.165, 1.54) is 38.1 Å². The number of aromatic hydroxyl groups is 2. The van der Waals surface area contributed by atoms with Crippen LogP contribution in [0.25, 0.3) is 22.3 Å². The minimum atomic E-state index is -2.12. The van der Waals surface area contributed by atoms with Gasteiger partial charge >= 0.3 is 0 Å². The summed E-state index contributed by atoms with van der Waals surface area (Å²) in [5.41, 5.74) is -1.43. The Morgan fingerprint density at radius 1 is 0.587 bits per heavy atom. The van der Waals surface area contributed by atoms with E-state index in [4.69, 9.17) is 42.3 Å². The molecule has 14 N–H and O–H groups in total. The van der Waals surface area contributed by atoms with Gasteiger partial charge in [0.2, 0.25) is 23.8 Å². The zero-order chi connectivity index (χ0) is 45.8. The second-order valence-corrected chi connectivity index (χ2v) is 15.7. The maximum atomic E-state index is 14.5. The second kappa shape index (κ2) is 18.9. The summed E-state index contributed by atoms with van der Waals surface area (Å²) in [5, 5.41) is 147. The van der Waals surface area contributed by atoms with Crippen molar-refractivity contribution in [3.8, 4) is 34.3 Å². The summed E-state index contributed by atoms with van der Waals surface area (Å²) in [4.78, 5) is 14.5. The summed E-state index contributed by atoms with van der Waals surface area (Å²) >= 11 is 0. The quantitative estimate of drug-likeness (QED) is 0.0856. The fourth-order valence-corrected chi connectivity index (χ4v) is 7.56. The predicted octanol–water partition coefficient (Wildman–Crippen LogP) is -5.07. The molecule has 4 saturated heterocycles. The highest BCUT2D eigenvalue weighted by Crippen LogP contribution is 2.40. The largest absolute Gasteiger partial charge is 0.508 e. The number of phenolic OH excluding ortho intramolecular Hbond substituents is 2. The van der Waals surface area contributed by atoms with Crippen LogP contribution in [0.5, 0.6) is 23.0 Å². The summed E-state index contributed by atoms with van der Waals surface area (Å²) in [5.74, 6) is -2.43. The van der Waals surface area contributed by atoms with E-state index >= 15 is 0 Å². The summed E-state index contributed by atoms with van der Waals surface area (Å²) in [7, 11) is 0. The summed E-state index contributed by atoms with van der Waals surface area (Å²) in [6.45, 7) is 1.18. The van der Waals surface area contributed by atoms with Crippen molar-refractivity contribution in [2.75, 3.05) is 13.2 Å². The molecule has 5 heterocycles. The van der Waals surface area contributed by atoms with E-state index in [9.17, 15) is 76.3 Å². The van der Waals surface area contributed by atoms with Crippen molar-refractivity contribution < 1.29 is 114 Å². The Kier molecular flexibility index (Phi) is 14.1. The van der Waals surface area contributed by atoms with Crippen LogP contribution in [0.1, 0.15) is 13.8 Å². The van der Waals surface area contributed by atoms with Crippen LogP contribution >= 0.6 is 0 Å². The molecule has 4 fully saturated rings. The third-order valence-corrected chi connectivity index (χ3v) is 11.3. The molecule has 63 heavy (non-hydrogen) atoms. The fraction of sp³-hybridized carbons (Fsp3) is 0.615. The first-order valence-electron chi connectivity index (χ1n) is 19.8. The molecule has 0 aliphatic carbocycles. The van der Waals surface area contributed by atoms with Gasteiger partial charge in [0.15, 0.2) is 24.4 Å². The van der Waals surface area contributed by atoms with E-state index < -0.39 is 164 Å². The maximum Gasteiger partial charge on any atom is 0.239 e. The number of benzene rings is 2. The number of ether oxygens (including phenoxy) is 8. The number of aliphatic hydroxyl groups excluding tert-OH is 12. The lowest BCUT2D eigenvalue weighted by Gasteiger charge is -2.46. The lowest BCUT2D eigenvalue weighted by Crippen LogP contribution is -2.65. The molecule has 3 aromatic rings. The van der Waals surface area contributed by atoms with Crippen LogP contribution in [0, 0.1) is 0 Å². The van der Waals surface area contributed by atoms with Gasteiger partial charge in [-0.25, -0.2) is 0 Å². The zero-order valence-electron chi connectivity index (χ0n) is 33.3. The Bertz CT molecular complexity index is 2080. The third kappa shape index (κ3) is 9.19. The van der Waals surface area contributed by atoms with Gasteiger partial charge in [0.1, 0.15) is 108 Å². The van der Waals surface area contributed by atoms with Gasteiger partial charge in [0.05, 0.1) is 25.4 Å². The van der Waals surface area contributed by atoms with Gasteiger partial charge in [0, 0.05) is 17.7 Å². The Hall–Kier alpha value is -3.87. The van der Waals surface area contributed by atoms with E-state index in [2.05, 4.69) is 0 Å². The first-order chi connectivity index (χ1) is 29.8. The molecule has 0 spiro atoms. The number of fused-ring (bicyclic) bond motifs is 1. The van der Waals surface area contributed by atoms with Crippen molar-refractivity contribution in [3.63, 3.8) is 0 Å². The number of phenols is 2. The highest BCUT2D eigenvalue weighted by molar-refractivity contribution is 5.88. The molecule has 4 aliphatic rings. The van der Waals surface area contributed by atoms with Gasteiger partial charge in [-0.3, -0.25) is 4.79 Å². The van der Waals surface area contributed by atoms with Crippen molar-refractivity contribution in [3.05, 3.63) is 46.6 Å². The van der Waals surface area contributed by atoms with Crippen LogP contribution in [0.4, 0.5) is 0 Å². The lowest BCUT2D eigenvalue weighted by atomic mass is 9.97. The standard InChI is InChI=1S/C39H50O24/c1-11-21(43)26(48)30(52)36(56-11)55-10-19-24(46)29(51)35(63-38-32(54)28(50)23(45)18(9-40)60-38)39(61-19)62-34-25(47)20-16(42)7-15(58-37-31(53)27(49)22(44)12(2)57-37)8-17(20)59-33(34)13-3-5-14(41)6-4-13/h3-8,11-12,18-19,21-24,26-32,35-46,48-54H,9-10H2,1-2H3/t11-,12-,18+,19+,21-,22-,23+,24-,26+,27+,28-,29-,30+,31+,32+,35+,36+,37-,38-,39-/m0/s1. The molecule has 20 atom stereocenters. The van der Waals surface area contributed by atoms with Gasteiger partial charge < -0.3 is 114 Å². The van der Waals surface area contributed by atoms with Crippen LogP contribution in [-0.4, -0.2) is 208 Å². The number of hydrogen-bond acceptors (Lipinski definition) is 24. The molecule has 4 aliphatic heterocycles. The smallest absolute Gasteiger partial charge is 0.239 e. The van der Waals surface area contributed by atoms with Crippen molar-refractivity contribution in [1.82, 2.24) is 0 Å². The zero-order valence-corrected chi connectivity index (χ0v) is 33.3. The Morgan fingerprint density at radius 3 is 1.78 bits per heavy atom. The van der Waals surface area contributed by atoms with Gasteiger partial charge in [0.25, 0.3) is 0 Å². The normalized spacial score (nSPS) is 41.0. The molecule has 350 valence electrons. The van der Waals surface area contributed by atoms with E-state index in [0.29, 0.717) is 0 Å². The third-order valence-electron chi connectivity index (χ3n) is 11.3. The molecule has 0 amide bonds. The highest BCUT2D eigenvalue weighted by atomic mass is 16.8. The summed E-state index contributed by atoms with van der Waals surface area (Å²) in [6.07, 6.45) is -34.3. The molecule has 24 heteroatoms. The minimum absolute atomic E-state index is 0.0468. The second-order valence-electron chi connectivity index (χ2n) is 15.7. The molecular formula is C39H50O24. The average Bonchev–Trinajstić information content (AvgIpc) is 3.25. The summed E-state index contributed by atoms with van der Waals surface area (Å²) < 4.78 is 51.7. The SMILES string of the molecule is C[C@@H]1O[C@@H](OC[C@H]2O[C@@H](Oc3c(-c4ccc(O)cc4)oc4cc(O[C@@H]5O[C@@H](C)[C@H](O)[C@@H](O)[C@H]5O)cc(O)c4c3=O)[C@H](O[C@@H]3O[C@H](CO)[C@@H](O)[C@H](O)[C@H]3O)[C@@H](O)[C@H]2O)[C@H](O)[C@H](O)[C@H]1O. The van der Waals surface area contributed by atoms with Crippen molar-refractivity contribution >= 4 is 11.0 Å². The molecule has 0 saturated carbocycles. The number of hydrogen-bond donors (Lipinski definition) is 14. The van der Waals surface area contributed by atoms with E-state index in [-0.39, 0.29) is 22.6 Å². The highest BCUT2D eigenvalue weighted by Gasteiger charge is 2.53. The lowest BCUT2D eigenvalue weighted by molar-refractivity contribution is -0.362. The Labute approximate surface area is 355 Å². The Morgan fingerprint density at radius 2 is 1.14 bits per heavy atom. The van der Waals surface area contributed by atoms with Crippen molar-refractivity contribution in [2.45, 2.75) is 137 Å². The maximum absolute atomic E-state index is 14.5. The van der Waals surface area contributed by atoms with E-state index in [1.807, 2.05) is 0 Å². The van der Waals surface area contributed by atoms with Gasteiger partial charge in [-0.2, -0.15) is 0 Å². The van der Waals surface area contributed by atoms with E-state index in [1.54, 1.807) is 0 Å². The first kappa shape index (κ1) is 47.1. The molecule has 24 nitrogen and oxygen atoms in total. The van der Waals surface area contributed by atoms with Gasteiger partial charge in [-0.1, -0.05) is 0 Å². The van der Waals surface area contributed by atoms with Gasteiger partial charge in [-0.05, 0) is 38.1 Å². The van der Waals surface area contributed by atoms with Crippen LogP contribution < -0.4 is 14.9 Å². The molecule has 0 bridgehead atoms. The fourth-order valence-electron chi connectivity index (χ4n) is 7.56. The van der Waals surface area contributed by atoms with Crippen molar-refractivity contribution in [1.29, 1.82) is 0 Å². The predicted molar refractivity (Wildman–Crippen MR) is 202 cm³/mol. The number of rotatable bonds is 11. The molecule has 7 rings (SSSR count). The molecule has 1 aromatic heterocycles. The topological polar surface area (TPSA) is 387 Å². The van der Waals surface area contributed by atoms with Crippen LogP contribution in [0.3, 0.4) is 0 Å². The van der Waals surface area contributed by atoms with Crippen LogP contribution in [0.2, 0.25) is 0 Å². The monoisotopic (exact) mass is 902 g/mol. The first-order valence-corrected chi connectivity index (χ1v) is 19.8. The molecule has 0 unspecified atom stereocenters. The average molecular weight is 903 g/mol. The number of aliphatic hydroxyl groups is 12. The molecule has 0 radical (unpaired) electrons. The van der Waals surface area contributed by atoms with Crippen molar-refractivity contribution in [2.24, 2.45) is 0 Å². The Balaban J connectivity index is 1.27. The molecular weight excluding hydrogens is 852 g/mol. The van der Waals surface area contributed by atoms with E-state index in [0.717, 1.165) is 12.1 Å².